The predicted octanol–water partition coefficient (Wildman–Crippen LogP) is 1.22. The number of anilines is 2. The van der Waals surface area contributed by atoms with Gasteiger partial charge in [-0.1, -0.05) is 0 Å². The Morgan fingerprint density at radius 1 is 1.20 bits per heavy atom. The van der Waals surface area contributed by atoms with Crippen molar-refractivity contribution in [1.29, 1.82) is 0 Å². The normalized spacial score (nSPS) is 14.4. The molecule has 4 aromatic heterocycles. The molecule has 0 saturated carbocycles. The third-order valence-corrected chi connectivity index (χ3v) is 4.85. The van der Waals surface area contributed by atoms with Crippen molar-refractivity contribution < 1.29 is 13.9 Å². The summed E-state index contributed by atoms with van der Waals surface area (Å²) in [4.78, 5) is 23.2. The Morgan fingerprint density at radius 2 is 2.07 bits per heavy atom. The van der Waals surface area contributed by atoms with Gasteiger partial charge in [0.15, 0.2) is 0 Å². The second kappa shape index (κ2) is 7.59. The molecule has 1 aliphatic heterocycles. The Hall–Kier alpha value is -3.73. The topological polar surface area (TPSA) is 110 Å². The lowest BCUT2D eigenvalue weighted by atomic mass is 10.1. The molecule has 1 amide bonds. The summed E-state index contributed by atoms with van der Waals surface area (Å²) in [6, 6.07) is 4.60. The fourth-order valence-electron chi connectivity index (χ4n) is 3.41. The van der Waals surface area contributed by atoms with Crippen molar-refractivity contribution in [2.75, 3.05) is 36.5 Å². The molecular formula is C19H17FN8O2. The minimum atomic E-state index is -0.472. The number of carbonyl (C=O) groups is 1. The van der Waals surface area contributed by atoms with E-state index in [0.29, 0.717) is 30.1 Å². The molecule has 1 fully saturated rings. The lowest BCUT2D eigenvalue weighted by Crippen LogP contribution is -2.36. The van der Waals surface area contributed by atoms with Gasteiger partial charge in [0.2, 0.25) is 11.6 Å². The van der Waals surface area contributed by atoms with Crippen LogP contribution < -0.4 is 10.2 Å². The van der Waals surface area contributed by atoms with E-state index in [1.54, 1.807) is 6.20 Å². The second-order valence-electron chi connectivity index (χ2n) is 6.82. The molecule has 0 aliphatic carbocycles. The molecule has 0 atom stereocenters. The second-order valence-corrected chi connectivity index (χ2v) is 6.82. The van der Waals surface area contributed by atoms with E-state index in [0.717, 1.165) is 30.4 Å². The van der Waals surface area contributed by atoms with Gasteiger partial charge in [-0.15, -0.1) is 10.2 Å². The number of pyridine rings is 2. The SMILES string of the molecule is O=C(Cc1nn2cnnc2c2ncc(N3CCOCC3)cc12)Nc1ccc(F)cn1. The molecule has 0 radical (unpaired) electrons. The molecule has 1 N–H and O–H groups in total. The Balaban J connectivity index is 1.51. The first kappa shape index (κ1) is 18.3. The Morgan fingerprint density at radius 3 is 2.87 bits per heavy atom. The molecule has 1 saturated heterocycles. The number of nitrogens with one attached hydrogen (secondary N) is 1. The number of hydrogen-bond acceptors (Lipinski definition) is 8. The van der Waals surface area contributed by atoms with Crippen LogP contribution in [0.1, 0.15) is 5.69 Å². The molecule has 5 rings (SSSR count). The maximum Gasteiger partial charge on any atom is 0.231 e. The number of morpholine rings is 1. The largest absolute Gasteiger partial charge is 0.378 e. The zero-order valence-corrected chi connectivity index (χ0v) is 15.8. The summed E-state index contributed by atoms with van der Waals surface area (Å²) < 4.78 is 20.0. The highest BCUT2D eigenvalue weighted by atomic mass is 19.1. The zero-order chi connectivity index (χ0) is 20.5. The number of amides is 1. The van der Waals surface area contributed by atoms with Gasteiger partial charge >= 0.3 is 0 Å². The first-order chi connectivity index (χ1) is 14.7. The van der Waals surface area contributed by atoms with E-state index in [4.69, 9.17) is 4.74 Å². The average Bonchev–Trinajstić information content (AvgIpc) is 3.24. The van der Waals surface area contributed by atoms with Crippen molar-refractivity contribution in [2.24, 2.45) is 0 Å². The van der Waals surface area contributed by atoms with Crippen LogP contribution >= 0.6 is 0 Å². The van der Waals surface area contributed by atoms with E-state index < -0.39 is 5.82 Å². The number of nitrogens with zero attached hydrogens (tertiary/aromatic N) is 7. The van der Waals surface area contributed by atoms with E-state index in [1.165, 1.54) is 23.0 Å². The molecule has 1 aliphatic rings. The monoisotopic (exact) mass is 408 g/mol. The summed E-state index contributed by atoms with van der Waals surface area (Å²) >= 11 is 0. The van der Waals surface area contributed by atoms with E-state index in [9.17, 15) is 9.18 Å². The fourth-order valence-corrected chi connectivity index (χ4v) is 3.41. The van der Waals surface area contributed by atoms with Crippen molar-refractivity contribution in [3.05, 3.63) is 48.4 Å². The van der Waals surface area contributed by atoms with Gasteiger partial charge in [-0.25, -0.2) is 14.4 Å². The molecule has 152 valence electrons. The third kappa shape index (κ3) is 3.50. The van der Waals surface area contributed by atoms with Gasteiger partial charge in [-0.2, -0.15) is 9.61 Å². The van der Waals surface area contributed by atoms with Crippen LogP contribution in [-0.4, -0.2) is 62.0 Å². The van der Waals surface area contributed by atoms with Gasteiger partial charge in [-0.05, 0) is 18.2 Å². The molecule has 5 heterocycles. The van der Waals surface area contributed by atoms with Crippen LogP contribution in [0.25, 0.3) is 16.6 Å². The highest BCUT2D eigenvalue weighted by Gasteiger charge is 2.18. The van der Waals surface area contributed by atoms with Gasteiger partial charge in [0.05, 0.1) is 43.4 Å². The summed E-state index contributed by atoms with van der Waals surface area (Å²) in [5.74, 6) is -0.532. The molecule has 30 heavy (non-hydrogen) atoms. The quantitative estimate of drug-likeness (QED) is 0.537. The molecule has 0 aromatic carbocycles. The number of fused-ring (bicyclic) bond motifs is 3. The van der Waals surface area contributed by atoms with Crippen LogP contribution in [0.5, 0.6) is 0 Å². The molecule has 10 nitrogen and oxygen atoms in total. The lowest BCUT2D eigenvalue weighted by Gasteiger charge is -2.28. The maximum atomic E-state index is 13.0. The van der Waals surface area contributed by atoms with Crippen molar-refractivity contribution >= 4 is 34.0 Å². The van der Waals surface area contributed by atoms with Crippen LogP contribution in [0.15, 0.2) is 36.9 Å². The van der Waals surface area contributed by atoms with Gasteiger partial charge in [0.1, 0.15) is 23.5 Å². The summed E-state index contributed by atoms with van der Waals surface area (Å²) in [5.41, 5.74) is 2.59. The van der Waals surface area contributed by atoms with E-state index >= 15 is 0 Å². The lowest BCUT2D eigenvalue weighted by molar-refractivity contribution is -0.115. The number of aromatic nitrogens is 6. The number of hydrogen-bond donors (Lipinski definition) is 1. The Bertz CT molecular complexity index is 1220. The van der Waals surface area contributed by atoms with Crippen molar-refractivity contribution in [3.8, 4) is 0 Å². The van der Waals surface area contributed by atoms with E-state index in [-0.39, 0.29) is 18.1 Å². The fraction of sp³-hybridized carbons (Fsp3) is 0.263. The molecule has 4 aromatic rings. The number of carbonyl (C=O) groups excluding carboxylic acids is 1. The number of rotatable bonds is 4. The summed E-state index contributed by atoms with van der Waals surface area (Å²) in [6.07, 6.45) is 4.28. The zero-order valence-electron chi connectivity index (χ0n) is 15.8. The predicted molar refractivity (Wildman–Crippen MR) is 106 cm³/mol. The van der Waals surface area contributed by atoms with Crippen molar-refractivity contribution in [1.82, 2.24) is 29.8 Å². The van der Waals surface area contributed by atoms with Crippen LogP contribution in [0.4, 0.5) is 15.9 Å². The Kier molecular flexibility index (Phi) is 4.64. The molecular weight excluding hydrogens is 391 g/mol. The van der Waals surface area contributed by atoms with Gasteiger partial charge in [-0.3, -0.25) is 4.79 Å². The maximum absolute atomic E-state index is 13.0. The van der Waals surface area contributed by atoms with Gasteiger partial charge in [0.25, 0.3) is 0 Å². The average molecular weight is 408 g/mol. The van der Waals surface area contributed by atoms with Gasteiger partial charge < -0.3 is 15.0 Å². The van der Waals surface area contributed by atoms with Crippen LogP contribution in [0.2, 0.25) is 0 Å². The smallest absolute Gasteiger partial charge is 0.231 e. The third-order valence-electron chi connectivity index (χ3n) is 4.85. The standard InChI is InChI=1S/C19H17FN8O2/c20-12-1-2-16(21-9-12)24-17(29)8-15-14-7-13(27-3-5-30-6-4-27)10-22-18(14)19-25-23-11-28(19)26-15/h1-2,7,9-11H,3-6,8H2,(H,21,24,29). The van der Waals surface area contributed by atoms with Crippen LogP contribution in [-0.2, 0) is 16.0 Å². The molecule has 0 unspecified atom stereocenters. The number of ether oxygens (including phenoxy) is 1. The first-order valence-corrected chi connectivity index (χ1v) is 9.40. The van der Waals surface area contributed by atoms with Crippen LogP contribution in [0, 0.1) is 5.82 Å². The van der Waals surface area contributed by atoms with Crippen molar-refractivity contribution in [3.63, 3.8) is 0 Å². The molecule has 0 spiro atoms. The highest BCUT2D eigenvalue weighted by molar-refractivity contribution is 5.97. The summed E-state index contributed by atoms with van der Waals surface area (Å²) in [5, 5.41) is 15.9. The van der Waals surface area contributed by atoms with Crippen LogP contribution in [0.3, 0.4) is 0 Å². The van der Waals surface area contributed by atoms with Gasteiger partial charge in [0, 0.05) is 18.5 Å². The minimum absolute atomic E-state index is 0.0160. The summed E-state index contributed by atoms with van der Waals surface area (Å²) in [7, 11) is 0. The molecule has 0 bridgehead atoms. The first-order valence-electron chi connectivity index (χ1n) is 9.40. The van der Waals surface area contributed by atoms with E-state index in [2.05, 4.69) is 35.5 Å². The Labute approximate surface area is 169 Å². The van der Waals surface area contributed by atoms with Crippen molar-refractivity contribution in [2.45, 2.75) is 6.42 Å². The minimum Gasteiger partial charge on any atom is -0.378 e. The molecule has 11 heteroatoms. The highest BCUT2D eigenvalue weighted by Crippen LogP contribution is 2.25. The number of halogens is 1. The van der Waals surface area contributed by atoms with E-state index in [1.807, 2.05) is 6.07 Å². The summed E-state index contributed by atoms with van der Waals surface area (Å²) in [6.45, 7) is 2.83.